The molecule has 0 spiro atoms. The molecule has 1 unspecified atom stereocenters. The van der Waals surface area contributed by atoms with Gasteiger partial charge in [-0.25, -0.2) is 0 Å². The van der Waals surface area contributed by atoms with Crippen molar-refractivity contribution in [2.45, 2.75) is 12.6 Å². The van der Waals surface area contributed by atoms with E-state index in [9.17, 15) is 9.90 Å². The molecule has 0 saturated heterocycles. The van der Waals surface area contributed by atoms with Gasteiger partial charge in [0.2, 0.25) is 5.91 Å². The van der Waals surface area contributed by atoms with E-state index in [1.54, 1.807) is 19.1 Å². The van der Waals surface area contributed by atoms with Crippen molar-refractivity contribution in [3.63, 3.8) is 0 Å². The molecular weight excluding hydrogens is 322 g/mol. The van der Waals surface area contributed by atoms with Crippen LogP contribution in [0.4, 0.5) is 0 Å². The predicted octanol–water partition coefficient (Wildman–Crippen LogP) is 3.12. The van der Waals surface area contributed by atoms with E-state index in [4.69, 9.17) is 4.74 Å². The van der Waals surface area contributed by atoms with E-state index in [0.717, 1.165) is 16.9 Å². The number of ether oxygens (including phenoxy) is 1. The van der Waals surface area contributed by atoms with Crippen LogP contribution in [0.5, 0.6) is 5.75 Å². The lowest BCUT2D eigenvalue weighted by atomic mass is 10.1. The lowest BCUT2D eigenvalue weighted by Crippen LogP contribution is -2.28. The van der Waals surface area contributed by atoms with Gasteiger partial charge in [0.25, 0.3) is 0 Å². The van der Waals surface area contributed by atoms with E-state index in [1.807, 2.05) is 54.6 Å². The molecule has 4 nitrogen and oxygen atoms in total. The maximum atomic E-state index is 12.2. The lowest BCUT2D eigenvalue weighted by molar-refractivity contribution is -0.127. The minimum absolute atomic E-state index is 0.0335. The first-order valence-corrected chi connectivity index (χ1v) is 8.94. The molecule has 0 aliphatic rings. The first kappa shape index (κ1) is 18.4. The first-order valence-electron chi connectivity index (χ1n) is 7.78. The van der Waals surface area contributed by atoms with Crippen LogP contribution in [0, 0.1) is 0 Å². The Kier molecular flexibility index (Phi) is 7.15. The van der Waals surface area contributed by atoms with Gasteiger partial charge < -0.3 is 14.7 Å². The van der Waals surface area contributed by atoms with Crippen molar-refractivity contribution < 1.29 is 14.6 Å². The van der Waals surface area contributed by atoms with E-state index >= 15 is 0 Å². The molecule has 0 heterocycles. The summed E-state index contributed by atoms with van der Waals surface area (Å²) in [7, 11) is 3.41. The van der Waals surface area contributed by atoms with E-state index < -0.39 is 6.10 Å². The SMILES string of the molecule is COc1ccccc1CN(C)C(=O)CSCC(O)c1ccccc1. The van der Waals surface area contributed by atoms with Crippen LogP contribution in [-0.4, -0.2) is 41.6 Å². The number of methoxy groups -OCH3 is 1. The Bertz CT molecular complexity index is 648. The minimum Gasteiger partial charge on any atom is -0.496 e. The standard InChI is InChI=1S/C19H23NO3S/c1-20(12-16-10-6-7-11-18(16)23-2)19(22)14-24-13-17(21)15-8-4-3-5-9-15/h3-11,17,21H,12-14H2,1-2H3. The second kappa shape index (κ2) is 9.35. The van der Waals surface area contributed by atoms with Crippen molar-refractivity contribution in [1.29, 1.82) is 0 Å². The number of amides is 1. The second-order valence-electron chi connectivity index (χ2n) is 5.50. The fourth-order valence-electron chi connectivity index (χ4n) is 2.32. The third kappa shape index (κ3) is 5.28. The molecule has 0 aromatic heterocycles. The van der Waals surface area contributed by atoms with Crippen molar-refractivity contribution in [3.8, 4) is 5.75 Å². The molecule has 0 aliphatic heterocycles. The van der Waals surface area contributed by atoms with Crippen LogP contribution in [0.1, 0.15) is 17.2 Å². The minimum atomic E-state index is -0.552. The van der Waals surface area contributed by atoms with Crippen LogP contribution < -0.4 is 4.74 Å². The predicted molar refractivity (Wildman–Crippen MR) is 98.2 cm³/mol. The van der Waals surface area contributed by atoms with E-state index in [1.165, 1.54) is 11.8 Å². The smallest absolute Gasteiger partial charge is 0.232 e. The summed E-state index contributed by atoms with van der Waals surface area (Å²) < 4.78 is 5.31. The highest BCUT2D eigenvalue weighted by Gasteiger charge is 2.13. The Balaban J connectivity index is 1.79. The summed E-state index contributed by atoms with van der Waals surface area (Å²) in [6.07, 6.45) is -0.552. The van der Waals surface area contributed by atoms with Crippen LogP contribution in [0.2, 0.25) is 0 Å². The Morgan fingerprint density at radius 3 is 2.54 bits per heavy atom. The number of nitrogens with zero attached hydrogens (tertiary/aromatic N) is 1. The van der Waals surface area contributed by atoms with E-state index in [-0.39, 0.29) is 5.91 Å². The molecule has 1 atom stereocenters. The largest absolute Gasteiger partial charge is 0.496 e. The van der Waals surface area contributed by atoms with Crippen molar-refractivity contribution in [1.82, 2.24) is 4.90 Å². The Morgan fingerprint density at radius 1 is 1.17 bits per heavy atom. The van der Waals surface area contributed by atoms with Crippen molar-refractivity contribution in [2.24, 2.45) is 0 Å². The fourth-order valence-corrected chi connectivity index (χ4v) is 3.25. The number of rotatable bonds is 8. The number of hydrogen-bond donors (Lipinski definition) is 1. The zero-order valence-electron chi connectivity index (χ0n) is 14.0. The summed E-state index contributed by atoms with van der Waals surface area (Å²) in [6, 6.07) is 17.2. The number of carbonyl (C=O) groups is 1. The molecule has 0 fully saturated rings. The van der Waals surface area contributed by atoms with Gasteiger partial charge in [0, 0.05) is 24.9 Å². The normalized spacial score (nSPS) is 11.8. The molecular formula is C19H23NO3S. The third-order valence-corrected chi connectivity index (χ3v) is 4.71. The Labute approximate surface area is 147 Å². The Hall–Kier alpha value is -1.98. The summed E-state index contributed by atoms with van der Waals surface area (Å²) >= 11 is 1.44. The average molecular weight is 345 g/mol. The first-order chi connectivity index (χ1) is 11.6. The van der Waals surface area contributed by atoms with Crippen LogP contribution in [-0.2, 0) is 11.3 Å². The summed E-state index contributed by atoms with van der Waals surface area (Å²) in [4.78, 5) is 13.9. The summed E-state index contributed by atoms with van der Waals surface area (Å²) in [5, 5.41) is 10.1. The quantitative estimate of drug-likeness (QED) is 0.799. The zero-order valence-corrected chi connectivity index (χ0v) is 14.8. The van der Waals surface area contributed by atoms with Gasteiger partial charge in [-0.15, -0.1) is 11.8 Å². The van der Waals surface area contributed by atoms with Gasteiger partial charge in [-0.1, -0.05) is 48.5 Å². The molecule has 0 radical (unpaired) electrons. The summed E-state index contributed by atoms with van der Waals surface area (Å²) in [5.74, 6) is 1.66. The van der Waals surface area contributed by atoms with Crippen LogP contribution >= 0.6 is 11.8 Å². The zero-order chi connectivity index (χ0) is 17.4. The molecule has 0 bridgehead atoms. The molecule has 0 aliphatic carbocycles. The monoisotopic (exact) mass is 345 g/mol. The molecule has 128 valence electrons. The Morgan fingerprint density at radius 2 is 1.83 bits per heavy atom. The van der Waals surface area contributed by atoms with E-state index in [0.29, 0.717) is 18.1 Å². The summed E-state index contributed by atoms with van der Waals surface area (Å²) in [6.45, 7) is 0.505. The molecule has 0 saturated carbocycles. The molecule has 5 heteroatoms. The molecule has 24 heavy (non-hydrogen) atoms. The van der Waals surface area contributed by atoms with Crippen molar-refractivity contribution in [2.75, 3.05) is 25.7 Å². The molecule has 2 rings (SSSR count). The number of para-hydroxylation sites is 1. The van der Waals surface area contributed by atoms with Crippen molar-refractivity contribution >= 4 is 17.7 Å². The van der Waals surface area contributed by atoms with Crippen LogP contribution in [0.15, 0.2) is 54.6 Å². The van der Waals surface area contributed by atoms with Crippen LogP contribution in [0.3, 0.4) is 0 Å². The topological polar surface area (TPSA) is 49.8 Å². The average Bonchev–Trinajstić information content (AvgIpc) is 2.62. The van der Waals surface area contributed by atoms with Gasteiger partial charge in [0.1, 0.15) is 5.75 Å². The highest BCUT2D eigenvalue weighted by atomic mass is 32.2. The fraction of sp³-hybridized carbons (Fsp3) is 0.316. The number of aliphatic hydroxyl groups excluding tert-OH is 1. The van der Waals surface area contributed by atoms with Crippen molar-refractivity contribution in [3.05, 3.63) is 65.7 Å². The molecule has 1 N–H and O–H groups in total. The van der Waals surface area contributed by atoms with Gasteiger partial charge in [-0.2, -0.15) is 0 Å². The van der Waals surface area contributed by atoms with Gasteiger partial charge in [0.15, 0.2) is 0 Å². The lowest BCUT2D eigenvalue weighted by Gasteiger charge is -2.19. The summed E-state index contributed by atoms with van der Waals surface area (Å²) in [5.41, 5.74) is 1.85. The van der Waals surface area contributed by atoms with Gasteiger partial charge in [-0.05, 0) is 11.6 Å². The molecule has 2 aromatic rings. The number of aliphatic hydroxyl groups is 1. The number of carbonyl (C=O) groups excluding carboxylic acids is 1. The van der Waals surface area contributed by atoms with E-state index in [2.05, 4.69) is 0 Å². The maximum absolute atomic E-state index is 12.2. The van der Waals surface area contributed by atoms with Crippen LogP contribution in [0.25, 0.3) is 0 Å². The van der Waals surface area contributed by atoms with Gasteiger partial charge in [0.05, 0.1) is 19.0 Å². The molecule has 1 amide bonds. The highest BCUT2D eigenvalue weighted by molar-refractivity contribution is 7.99. The number of benzene rings is 2. The second-order valence-corrected chi connectivity index (χ2v) is 6.53. The number of hydrogen-bond acceptors (Lipinski definition) is 4. The maximum Gasteiger partial charge on any atom is 0.232 e. The van der Waals surface area contributed by atoms with Gasteiger partial charge in [-0.3, -0.25) is 4.79 Å². The third-order valence-electron chi connectivity index (χ3n) is 3.71. The number of thioether (sulfide) groups is 1. The molecule has 2 aromatic carbocycles. The van der Waals surface area contributed by atoms with Gasteiger partial charge >= 0.3 is 0 Å². The highest BCUT2D eigenvalue weighted by Crippen LogP contribution is 2.20.